The lowest BCUT2D eigenvalue weighted by molar-refractivity contribution is 0.527. The van der Waals surface area contributed by atoms with E-state index < -0.39 is 15.8 Å². The second kappa shape index (κ2) is 4.84. The van der Waals surface area contributed by atoms with Gasteiger partial charge in [0.1, 0.15) is 5.82 Å². The number of benzene rings is 1. The summed E-state index contributed by atoms with van der Waals surface area (Å²) in [7, 11) is -2.21. The first-order valence-corrected chi connectivity index (χ1v) is 8.18. The van der Waals surface area contributed by atoms with Crippen molar-refractivity contribution in [3.8, 4) is 0 Å². The van der Waals surface area contributed by atoms with Gasteiger partial charge in [0.2, 0.25) is 0 Å². The Morgan fingerprint density at radius 1 is 1.32 bits per heavy atom. The van der Waals surface area contributed by atoms with Crippen LogP contribution in [0.15, 0.2) is 38.5 Å². The van der Waals surface area contributed by atoms with Crippen LogP contribution in [-0.2, 0) is 23.5 Å². The zero-order chi connectivity index (χ0) is 16.1. The van der Waals surface area contributed by atoms with Crippen molar-refractivity contribution < 1.29 is 12.8 Å². The summed E-state index contributed by atoms with van der Waals surface area (Å²) in [6, 6.07) is 4.38. The standard InChI is InChI=1S/C14H15N3O4S/c1-4-13-15-9(2)8-17(13)22(19,20)10-5-6-11-12(7-10)21-14(18)16(11)3/h5-8H,4H2,1-3H3. The Labute approximate surface area is 126 Å². The number of hydrogen-bond acceptors (Lipinski definition) is 5. The smallest absolute Gasteiger partial charge is 0.408 e. The van der Waals surface area contributed by atoms with Gasteiger partial charge in [0.15, 0.2) is 5.58 Å². The molecule has 0 aliphatic carbocycles. The van der Waals surface area contributed by atoms with Crippen molar-refractivity contribution in [3.63, 3.8) is 0 Å². The van der Waals surface area contributed by atoms with Crippen molar-refractivity contribution in [2.45, 2.75) is 25.2 Å². The lowest BCUT2D eigenvalue weighted by Gasteiger charge is -2.08. The lowest BCUT2D eigenvalue weighted by Crippen LogP contribution is -2.15. The fraction of sp³-hybridized carbons (Fsp3) is 0.286. The Balaban J connectivity index is 2.22. The number of rotatable bonds is 3. The third-order valence-electron chi connectivity index (χ3n) is 3.50. The summed E-state index contributed by atoms with van der Waals surface area (Å²) >= 11 is 0. The van der Waals surface area contributed by atoms with Crippen LogP contribution in [0.3, 0.4) is 0 Å². The maximum Gasteiger partial charge on any atom is 0.419 e. The van der Waals surface area contributed by atoms with Crippen molar-refractivity contribution in [2.24, 2.45) is 7.05 Å². The van der Waals surface area contributed by atoms with Gasteiger partial charge in [-0.2, -0.15) is 0 Å². The molecule has 0 spiro atoms. The highest BCUT2D eigenvalue weighted by molar-refractivity contribution is 7.90. The molecule has 3 aromatic rings. The van der Waals surface area contributed by atoms with Crippen molar-refractivity contribution in [1.82, 2.24) is 13.5 Å². The molecule has 3 rings (SSSR count). The molecule has 0 bridgehead atoms. The maximum atomic E-state index is 12.8. The van der Waals surface area contributed by atoms with E-state index in [2.05, 4.69) is 4.98 Å². The first kappa shape index (κ1) is 14.6. The zero-order valence-electron chi connectivity index (χ0n) is 12.4. The third-order valence-corrected chi connectivity index (χ3v) is 5.18. The highest BCUT2D eigenvalue weighted by Gasteiger charge is 2.22. The quantitative estimate of drug-likeness (QED) is 0.728. The summed E-state index contributed by atoms with van der Waals surface area (Å²) < 4.78 is 33.1. The normalized spacial score (nSPS) is 12.1. The molecule has 0 atom stereocenters. The van der Waals surface area contributed by atoms with Gasteiger partial charge in [0, 0.05) is 25.7 Å². The molecule has 0 unspecified atom stereocenters. The maximum absolute atomic E-state index is 12.8. The first-order chi connectivity index (χ1) is 10.3. The molecule has 0 saturated heterocycles. The summed E-state index contributed by atoms with van der Waals surface area (Å²) in [5.41, 5.74) is 1.41. The van der Waals surface area contributed by atoms with Crippen LogP contribution in [0, 0.1) is 6.92 Å². The molecular formula is C14H15N3O4S. The molecule has 0 aliphatic rings. The number of aryl methyl sites for hydroxylation is 3. The van der Waals surface area contributed by atoms with E-state index in [1.165, 1.54) is 26.9 Å². The SMILES string of the molecule is CCc1nc(C)cn1S(=O)(=O)c1ccc2c(c1)oc(=O)n2C. The topological polar surface area (TPSA) is 87.1 Å². The molecule has 7 nitrogen and oxygen atoms in total. The van der Waals surface area contributed by atoms with E-state index in [0.29, 0.717) is 23.5 Å². The molecule has 0 N–H and O–H groups in total. The Kier molecular flexibility index (Phi) is 3.21. The van der Waals surface area contributed by atoms with E-state index >= 15 is 0 Å². The van der Waals surface area contributed by atoms with Gasteiger partial charge in [-0.05, 0) is 19.1 Å². The fourth-order valence-electron chi connectivity index (χ4n) is 2.36. The number of nitrogens with zero attached hydrogens (tertiary/aromatic N) is 3. The molecule has 0 fully saturated rings. The van der Waals surface area contributed by atoms with E-state index in [1.54, 1.807) is 20.0 Å². The number of oxazole rings is 1. The monoisotopic (exact) mass is 321 g/mol. The molecule has 0 radical (unpaired) electrons. The summed E-state index contributed by atoms with van der Waals surface area (Å²) in [4.78, 5) is 15.8. The van der Waals surface area contributed by atoms with Crippen LogP contribution >= 0.6 is 0 Å². The molecule has 8 heteroatoms. The van der Waals surface area contributed by atoms with Crippen molar-refractivity contribution in [1.29, 1.82) is 0 Å². The Bertz CT molecular complexity index is 1020. The van der Waals surface area contributed by atoms with Gasteiger partial charge in [-0.15, -0.1) is 0 Å². The average molecular weight is 321 g/mol. The van der Waals surface area contributed by atoms with Crippen LogP contribution in [0.25, 0.3) is 11.1 Å². The second-order valence-corrected chi connectivity index (χ2v) is 6.82. The average Bonchev–Trinajstić information content (AvgIpc) is 3.00. The molecule has 1 aromatic carbocycles. The molecule has 0 aliphatic heterocycles. The molecule has 0 saturated carbocycles. The zero-order valence-corrected chi connectivity index (χ0v) is 13.2. The molecule has 2 heterocycles. The largest absolute Gasteiger partial charge is 0.419 e. The van der Waals surface area contributed by atoms with Crippen LogP contribution in [0.2, 0.25) is 0 Å². The Morgan fingerprint density at radius 3 is 2.73 bits per heavy atom. The fourth-order valence-corrected chi connectivity index (χ4v) is 3.82. The third kappa shape index (κ3) is 2.07. The highest BCUT2D eigenvalue weighted by atomic mass is 32.2. The lowest BCUT2D eigenvalue weighted by atomic mass is 10.3. The summed E-state index contributed by atoms with van der Waals surface area (Å²) in [6.07, 6.45) is 1.98. The van der Waals surface area contributed by atoms with Gasteiger partial charge in [-0.1, -0.05) is 6.92 Å². The summed E-state index contributed by atoms with van der Waals surface area (Å²) in [5, 5.41) is 0. The van der Waals surface area contributed by atoms with Crippen LogP contribution in [-0.4, -0.2) is 21.9 Å². The van der Waals surface area contributed by atoms with Crippen LogP contribution < -0.4 is 5.76 Å². The van der Waals surface area contributed by atoms with Gasteiger partial charge >= 0.3 is 5.76 Å². The predicted octanol–water partition coefficient (Wildman–Crippen LogP) is 1.44. The number of hydrogen-bond donors (Lipinski definition) is 0. The van der Waals surface area contributed by atoms with Crippen LogP contribution in [0.5, 0.6) is 0 Å². The van der Waals surface area contributed by atoms with Crippen molar-refractivity contribution in [2.75, 3.05) is 0 Å². The van der Waals surface area contributed by atoms with E-state index in [-0.39, 0.29) is 10.5 Å². The van der Waals surface area contributed by atoms with Crippen molar-refractivity contribution in [3.05, 3.63) is 46.5 Å². The van der Waals surface area contributed by atoms with E-state index in [1.807, 2.05) is 6.92 Å². The molecule has 2 aromatic heterocycles. The van der Waals surface area contributed by atoms with E-state index in [4.69, 9.17) is 4.42 Å². The minimum absolute atomic E-state index is 0.0569. The first-order valence-electron chi connectivity index (χ1n) is 6.74. The van der Waals surface area contributed by atoms with Gasteiger partial charge in [-0.3, -0.25) is 4.57 Å². The van der Waals surface area contributed by atoms with E-state index in [9.17, 15) is 13.2 Å². The minimum atomic E-state index is -3.77. The van der Waals surface area contributed by atoms with Crippen LogP contribution in [0.1, 0.15) is 18.4 Å². The number of imidazole rings is 1. The van der Waals surface area contributed by atoms with Gasteiger partial charge < -0.3 is 4.42 Å². The van der Waals surface area contributed by atoms with Gasteiger partial charge in [0.05, 0.1) is 16.1 Å². The summed E-state index contributed by atoms with van der Waals surface area (Å²) in [6.45, 7) is 3.58. The molecule has 116 valence electrons. The Hall–Kier alpha value is -2.35. The van der Waals surface area contributed by atoms with Crippen molar-refractivity contribution >= 4 is 21.1 Å². The summed E-state index contributed by atoms with van der Waals surface area (Å²) in [5.74, 6) is -0.0654. The molecular weight excluding hydrogens is 306 g/mol. The molecule has 0 amide bonds. The van der Waals surface area contributed by atoms with Crippen LogP contribution in [0.4, 0.5) is 0 Å². The Morgan fingerprint density at radius 2 is 2.05 bits per heavy atom. The van der Waals surface area contributed by atoms with Gasteiger partial charge in [-0.25, -0.2) is 22.2 Å². The van der Waals surface area contributed by atoms with Gasteiger partial charge in [0.25, 0.3) is 10.0 Å². The predicted molar refractivity (Wildman–Crippen MR) is 80.4 cm³/mol. The highest BCUT2D eigenvalue weighted by Crippen LogP contribution is 2.21. The van der Waals surface area contributed by atoms with E-state index in [0.717, 1.165) is 0 Å². The second-order valence-electron chi connectivity index (χ2n) is 5.01. The minimum Gasteiger partial charge on any atom is -0.408 e. The number of fused-ring (bicyclic) bond motifs is 1. The molecule has 22 heavy (non-hydrogen) atoms. The number of aromatic nitrogens is 3.